The number of nitrogen functional groups attached to an aromatic ring is 2. The number of rotatable bonds is 8. The quantitative estimate of drug-likeness (QED) is 0.115. The zero-order valence-electron chi connectivity index (χ0n) is 20.9. The Labute approximate surface area is 212 Å². The van der Waals surface area contributed by atoms with Crippen LogP contribution in [0.4, 0.5) is 24.7 Å². The van der Waals surface area contributed by atoms with Crippen LogP contribution in [0.25, 0.3) is 11.3 Å². The van der Waals surface area contributed by atoms with Gasteiger partial charge in [0.2, 0.25) is 0 Å². The molecule has 0 aliphatic heterocycles. The van der Waals surface area contributed by atoms with E-state index in [0.29, 0.717) is 18.7 Å². The molecule has 0 saturated carbocycles. The highest BCUT2D eigenvalue weighted by Gasteiger charge is 2.31. The van der Waals surface area contributed by atoms with Crippen molar-refractivity contribution in [1.29, 1.82) is 5.41 Å². The predicted octanol–water partition coefficient (Wildman–Crippen LogP) is 3.36. The van der Waals surface area contributed by atoms with Crippen LogP contribution < -0.4 is 27.7 Å². The third-order valence-electron chi connectivity index (χ3n) is 5.08. The van der Waals surface area contributed by atoms with Gasteiger partial charge >= 0.3 is 6.18 Å². The van der Waals surface area contributed by atoms with Crippen molar-refractivity contribution in [2.75, 3.05) is 17.8 Å². The summed E-state index contributed by atoms with van der Waals surface area (Å²) in [5.41, 5.74) is 11.9. The number of alkyl halides is 3. The summed E-state index contributed by atoms with van der Waals surface area (Å²) < 4.78 is 40.3. The molecule has 0 atom stereocenters. The van der Waals surface area contributed by atoms with Crippen molar-refractivity contribution in [1.82, 2.24) is 14.9 Å². The first-order chi connectivity index (χ1) is 17.4. The number of nitrogens with zero attached hydrogens (tertiary/aromatic N) is 2. The van der Waals surface area contributed by atoms with Crippen LogP contribution >= 0.6 is 0 Å². The highest BCUT2D eigenvalue weighted by molar-refractivity contribution is 5.94. The maximum absolute atomic E-state index is 13.0. The Bertz CT molecular complexity index is 1260. The second-order valence-corrected chi connectivity index (χ2v) is 8.38. The molecule has 12 heteroatoms. The molecular weight excluding hydrogens is 487 g/mol. The van der Waals surface area contributed by atoms with Crippen LogP contribution in [-0.4, -0.2) is 33.3 Å². The van der Waals surface area contributed by atoms with Crippen molar-refractivity contribution in [3.63, 3.8) is 0 Å². The number of amidine groups is 1. The number of aromatic nitrogens is 2. The summed E-state index contributed by atoms with van der Waals surface area (Å²) in [6.07, 6.45) is -3.14. The van der Waals surface area contributed by atoms with E-state index in [2.05, 4.69) is 15.6 Å². The van der Waals surface area contributed by atoms with Crippen molar-refractivity contribution in [3.8, 4) is 11.3 Å². The van der Waals surface area contributed by atoms with Gasteiger partial charge in [-0.25, -0.2) is 4.98 Å². The summed E-state index contributed by atoms with van der Waals surface area (Å²) in [5.74, 6) is 0.234. The van der Waals surface area contributed by atoms with E-state index < -0.39 is 11.7 Å². The van der Waals surface area contributed by atoms with Gasteiger partial charge in [-0.1, -0.05) is 24.3 Å². The minimum absolute atomic E-state index is 0.00515. The number of hydrogen-bond acceptors (Lipinski definition) is 7. The van der Waals surface area contributed by atoms with Crippen LogP contribution in [0.5, 0.6) is 0 Å². The summed E-state index contributed by atoms with van der Waals surface area (Å²) in [7, 11) is 0. The Morgan fingerprint density at radius 2 is 1.84 bits per heavy atom. The molecule has 0 fully saturated rings. The topological polar surface area (TPSA) is 155 Å². The van der Waals surface area contributed by atoms with E-state index >= 15 is 0 Å². The number of nitrogens with one attached hydrogen (secondary N) is 3. The summed E-state index contributed by atoms with van der Waals surface area (Å²) in [6, 6.07) is 10.6. The average molecular weight is 520 g/mol. The van der Waals surface area contributed by atoms with Gasteiger partial charge in [0.05, 0.1) is 24.2 Å². The van der Waals surface area contributed by atoms with E-state index in [4.69, 9.17) is 22.0 Å². The van der Waals surface area contributed by atoms with Gasteiger partial charge in [-0.3, -0.25) is 15.5 Å². The van der Waals surface area contributed by atoms with Crippen molar-refractivity contribution in [2.45, 2.75) is 46.1 Å². The third kappa shape index (κ3) is 8.33. The van der Waals surface area contributed by atoms with E-state index in [9.17, 15) is 18.0 Å². The number of aliphatic hydroxyl groups excluding tert-OH is 1. The summed E-state index contributed by atoms with van der Waals surface area (Å²) in [4.78, 5) is 16.5. The fourth-order valence-electron chi connectivity index (χ4n) is 3.37. The maximum Gasteiger partial charge on any atom is 0.416 e. The lowest BCUT2D eigenvalue weighted by Gasteiger charge is -2.16. The molecular formula is C25H32F3N7O2. The standard InChI is InChI=1S/C16H19F3N4O.C9H13N3O/c1-4-23-13(8-21-14(15(23)24)22-9(2)3)10-5-11(16(17,18)19)7-12(20)6-10;10-9(11)8-3-1-7(2-4-8)5-12-6-13/h5-9H,4,20H2,1-3H3,(H,21,22);1-4,12-13H,5-6H2,(H3,10,11). The monoisotopic (exact) mass is 519 g/mol. The zero-order valence-corrected chi connectivity index (χ0v) is 20.9. The van der Waals surface area contributed by atoms with Crippen LogP contribution in [0.2, 0.25) is 0 Å². The molecule has 0 radical (unpaired) electrons. The molecule has 0 spiro atoms. The highest BCUT2D eigenvalue weighted by atomic mass is 19.4. The molecule has 0 unspecified atom stereocenters. The molecule has 200 valence electrons. The fourth-order valence-corrected chi connectivity index (χ4v) is 3.37. The summed E-state index contributed by atoms with van der Waals surface area (Å²) in [6.45, 7) is 6.33. The Hall–Kier alpha value is -3.90. The van der Waals surface area contributed by atoms with Gasteiger partial charge in [-0.15, -0.1) is 0 Å². The van der Waals surface area contributed by atoms with Crippen molar-refractivity contribution < 1.29 is 18.3 Å². The SMILES string of the molecule is CCn1c(-c2cc(N)cc(C(F)(F)F)c2)cnc(NC(C)C)c1=O.N=C(N)c1ccc(CNCO)cc1. The van der Waals surface area contributed by atoms with E-state index in [1.807, 2.05) is 26.0 Å². The average Bonchev–Trinajstić information content (AvgIpc) is 2.83. The van der Waals surface area contributed by atoms with Gasteiger partial charge < -0.3 is 26.5 Å². The molecule has 3 aromatic rings. The second-order valence-electron chi connectivity index (χ2n) is 8.38. The van der Waals surface area contributed by atoms with Crippen molar-refractivity contribution in [3.05, 3.63) is 75.7 Å². The lowest BCUT2D eigenvalue weighted by Crippen LogP contribution is -2.28. The molecule has 9 nitrogen and oxygen atoms in total. The van der Waals surface area contributed by atoms with Gasteiger partial charge in [0.25, 0.3) is 5.56 Å². The Balaban J connectivity index is 0.000000312. The molecule has 8 N–H and O–H groups in total. The number of aliphatic hydroxyl groups is 1. The third-order valence-corrected chi connectivity index (χ3v) is 5.08. The van der Waals surface area contributed by atoms with Crippen molar-refractivity contribution in [2.24, 2.45) is 5.73 Å². The highest BCUT2D eigenvalue weighted by Crippen LogP contribution is 2.34. The van der Waals surface area contributed by atoms with Crippen molar-refractivity contribution >= 4 is 17.3 Å². The first-order valence-corrected chi connectivity index (χ1v) is 11.5. The van der Waals surface area contributed by atoms with Gasteiger partial charge in [0, 0.05) is 35.9 Å². The Morgan fingerprint density at radius 1 is 1.19 bits per heavy atom. The summed E-state index contributed by atoms with van der Waals surface area (Å²) >= 11 is 0. The van der Waals surface area contributed by atoms with Gasteiger partial charge in [-0.2, -0.15) is 13.2 Å². The zero-order chi connectivity index (χ0) is 27.8. The number of benzene rings is 2. The molecule has 0 aliphatic rings. The molecule has 0 bridgehead atoms. The molecule has 0 aliphatic carbocycles. The molecule has 1 aromatic heterocycles. The normalized spacial score (nSPS) is 11.1. The smallest absolute Gasteiger partial charge is 0.399 e. The number of anilines is 2. The Morgan fingerprint density at radius 3 is 2.35 bits per heavy atom. The lowest BCUT2D eigenvalue weighted by molar-refractivity contribution is -0.137. The number of halogens is 3. The maximum atomic E-state index is 13.0. The molecule has 0 amide bonds. The number of hydrogen-bond donors (Lipinski definition) is 6. The van der Waals surface area contributed by atoms with E-state index in [1.165, 1.54) is 16.8 Å². The number of nitrogens with two attached hydrogens (primary N) is 2. The first-order valence-electron chi connectivity index (χ1n) is 11.5. The minimum Gasteiger partial charge on any atom is -0.399 e. The van der Waals surface area contributed by atoms with Crippen LogP contribution in [0.1, 0.15) is 37.5 Å². The van der Waals surface area contributed by atoms with Crippen LogP contribution in [-0.2, 0) is 19.3 Å². The van der Waals surface area contributed by atoms with Gasteiger partial charge in [0.15, 0.2) is 5.82 Å². The van der Waals surface area contributed by atoms with Crippen LogP contribution in [0.15, 0.2) is 53.5 Å². The van der Waals surface area contributed by atoms with E-state index in [1.54, 1.807) is 19.1 Å². The van der Waals surface area contributed by atoms with Gasteiger partial charge in [-0.05, 0) is 44.5 Å². The summed E-state index contributed by atoms with van der Waals surface area (Å²) in [5, 5.41) is 21.4. The lowest BCUT2D eigenvalue weighted by atomic mass is 10.1. The van der Waals surface area contributed by atoms with Crippen LogP contribution in [0, 0.1) is 5.41 Å². The molecule has 1 heterocycles. The molecule has 37 heavy (non-hydrogen) atoms. The second kappa shape index (κ2) is 12.9. The van der Waals surface area contributed by atoms with Gasteiger partial charge in [0.1, 0.15) is 5.84 Å². The van der Waals surface area contributed by atoms with Crippen LogP contribution in [0.3, 0.4) is 0 Å². The largest absolute Gasteiger partial charge is 0.416 e. The molecule has 0 saturated heterocycles. The molecule has 3 rings (SSSR count). The Kier molecular flexibility index (Phi) is 10.2. The van der Waals surface area contributed by atoms with E-state index in [0.717, 1.165) is 17.7 Å². The predicted molar refractivity (Wildman–Crippen MR) is 139 cm³/mol. The fraction of sp³-hybridized carbons (Fsp3) is 0.320. The minimum atomic E-state index is -4.52. The first kappa shape index (κ1) is 29.3. The van der Waals surface area contributed by atoms with E-state index in [-0.39, 0.29) is 46.9 Å². The molecule has 2 aromatic carbocycles.